The lowest BCUT2D eigenvalue weighted by atomic mass is 9.91. The van der Waals surface area contributed by atoms with Crippen molar-refractivity contribution in [2.75, 3.05) is 47.4 Å². The van der Waals surface area contributed by atoms with E-state index in [2.05, 4.69) is 27.3 Å². The monoisotopic (exact) mass is 396 g/mol. The second kappa shape index (κ2) is 8.41. The molecule has 4 rings (SSSR count). The maximum absolute atomic E-state index is 10.5. The third kappa shape index (κ3) is 3.81. The average Bonchev–Trinajstić information content (AvgIpc) is 2.77. The van der Waals surface area contributed by atoms with E-state index in [0.29, 0.717) is 0 Å². The summed E-state index contributed by atoms with van der Waals surface area (Å²) in [5.74, 6) is 1.62. The predicted octanol–water partition coefficient (Wildman–Crippen LogP) is 1.83. The number of piperazine rings is 1. The summed E-state index contributed by atoms with van der Waals surface area (Å²) in [6.07, 6.45) is 4.71. The number of aromatic nitrogens is 1. The lowest BCUT2D eigenvalue weighted by molar-refractivity contribution is 0.0519. The van der Waals surface area contributed by atoms with Gasteiger partial charge in [-0.2, -0.15) is 0 Å². The normalized spacial score (nSPS) is 19.5. The first-order valence-corrected chi connectivity index (χ1v) is 9.87. The zero-order valence-electron chi connectivity index (χ0n) is 17.2. The van der Waals surface area contributed by atoms with Gasteiger partial charge in [0.1, 0.15) is 11.5 Å². The molecule has 1 aromatic heterocycles. The van der Waals surface area contributed by atoms with Crippen molar-refractivity contribution in [3.8, 4) is 11.5 Å². The van der Waals surface area contributed by atoms with E-state index in [1.54, 1.807) is 31.5 Å². The van der Waals surface area contributed by atoms with Gasteiger partial charge in [0, 0.05) is 69.5 Å². The van der Waals surface area contributed by atoms with Gasteiger partial charge >= 0.3 is 0 Å². The molecule has 2 N–H and O–H groups in total. The Balaban J connectivity index is 1.76. The molecule has 29 heavy (non-hydrogen) atoms. The number of pyridine rings is 1. The van der Waals surface area contributed by atoms with Crippen molar-refractivity contribution in [2.24, 2.45) is 0 Å². The third-order valence-electron chi connectivity index (χ3n) is 5.65. The van der Waals surface area contributed by atoms with Crippen molar-refractivity contribution in [2.45, 2.75) is 12.8 Å². The van der Waals surface area contributed by atoms with Crippen LogP contribution in [0.4, 0.5) is 0 Å². The maximum atomic E-state index is 10.5. The molecular formula is C22H28N4O3. The molecule has 7 heteroatoms. The quantitative estimate of drug-likeness (QED) is 0.799. The molecule has 154 valence electrons. The minimum atomic E-state index is -0.710. The van der Waals surface area contributed by atoms with Crippen LogP contribution in [0.1, 0.15) is 28.5 Å². The van der Waals surface area contributed by atoms with Gasteiger partial charge in [-0.05, 0) is 29.3 Å². The van der Waals surface area contributed by atoms with Gasteiger partial charge in [0.15, 0.2) is 6.23 Å². The van der Waals surface area contributed by atoms with Gasteiger partial charge < -0.3 is 24.8 Å². The number of nitrogens with zero attached hydrogens (tertiary/aromatic N) is 3. The van der Waals surface area contributed by atoms with E-state index >= 15 is 0 Å². The fourth-order valence-electron chi connectivity index (χ4n) is 4.04. The van der Waals surface area contributed by atoms with E-state index in [1.165, 1.54) is 0 Å². The topological polar surface area (TPSA) is 70.1 Å². The molecule has 3 heterocycles. The summed E-state index contributed by atoms with van der Waals surface area (Å²) in [4.78, 5) is 8.37. The number of methoxy groups -OCH3 is 2. The Morgan fingerprint density at radius 3 is 2.52 bits per heavy atom. The van der Waals surface area contributed by atoms with Crippen molar-refractivity contribution in [3.05, 3.63) is 59.0 Å². The fourth-order valence-corrected chi connectivity index (χ4v) is 4.04. The molecule has 0 amide bonds. The number of ether oxygens (including phenoxy) is 2. The van der Waals surface area contributed by atoms with Crippen LogP contribution in [0, 0.1) is 0 Å². The smallest absolute Gasteiger partial charge is 0.154 e. The summed E-state index contributed by atoms with van der Waals surface area (Å²) >= 11 is 0. The Morgan fingerprint density at radius 1 is 1.17 bits per heavy atom. The molecule has 0 radical (unpaired) electrons. The first-order valence-electron chi connectivity index (χ1n) is 9.87. The fraction of sp³-hybridized carbons (Fsp3) is 0.409. The number of benzene rings is 1. The molecule has 2 aliphatic rings. The maximum Gasteiger partial charge on any atom is 0.154 e. The average molecular weight is 396 g/mol. The highest BCUT2D eigenvalue weighted by molar-refractivity contribution is 5.83. The van der Waals surface area contributed by atoms with Crippen LogP contribution >= 0.6 is 0 Å². The molecule has 7 nitrogen and oxygen atoms in total. The van der Waals surface area contributed by atoms with E-state index in [0.717, 1.165) is 72.0 Å². The molecule has 1 aromatic carbocycles. The largest absolute Gasteiger partial charge is 0.496 e. The number of nitrogens with one attached hydrogen (secondary N) is 1. The Hall–Kier alpha value is -2.61. The van der Waals surface area contributed by atoms with Crippen LogP contribution in [-0.4, -0.2) is 67.3 Å². The molecular weight excluding hydrogens is 368 g/mol. The Kier molecular flexibility index (Phi) is 5.71. The zero-order valence-corrected chi connectivity index (χ0v) is 17.2. The number of aliphatic hydroxyl groups excluding tert-OH is 1. The highest BCUT2D eigenvalue weighted by Gasteiger charge is 2.26. The summed E-state index contributed by atoms with van der Waals surface area (Å²) < 4.78 is 11.5. The van der Waals surface area contributed by atoms with Gasteiger partial charge in [0.25, 0.3) is 0 Å². The van der Waals surface area contributed by atoms with E-state index in [9.17, 15) is 5.11 Å². The Bertz CT molecular complexity index is 884. The first kappa shape index (κ1) is 19.7. The molecule has 1 fully saturated rings. The molecule has 0 saturated carbocycles. The Morgan fingerprint density at radius 2 is 1.86 bits per heavy atom. The van der Waals surface area contributed by atoms with E-state index < -0.39 is 6.23 Å². The summed E-state index contributed by atoms with van der Waals surface area (Å²) in [7, 11) is 5.25. The van der Waals surface area contributed by atoms with E-state index in [-0.39, 0.29) is 0 Å². The number of fused-ring (bicyclic) bond motifs is 1. The number of hydrogen-bond acceptors (Lipinski definition) is 7. The van der Waals surface area contributed by atoms with Gasteiger partial charge in [0.2, 0.25) is 0 Å². The molecule has 0 bridgehead atoms. The molecule has 1 saturated heterocycles. The van der Waals surface area contributed by atoms with Crippen molar-refractivity contribution in [1.29, 1.82) is 0 Å². The third-order valence-corrected chi connectivity index (χ3v) is 5.65. The Labute approximate surface area is 171 Å². The molecule has 0 aliphatic carbocycles. The van der Waals surface area contributed by atoms with Crippen LogP contribution in [0.3, 0.4) is 0 Å². The standard InChI is InChI=1S/C22H28N4O3/c1-25-13-18(16-4-5-24-12-17(16)22(25)27)15-10-20(28-2)19(21(11-15)29-3)14-26-8-6-23-7-9-26/h4-5,10-13,22-23,27H,6-9,14H2,1-3H3. The minimum Gasteiger partial charge on any atom is -0.496 e. The second-order valence-electron chi connectivity index (χ2n) is 7.43. The van der Waals surface area contributed by atoms with Crippen LogP contribution < -0.4 is 14.8 Å². The lowest BCUT2D eigenvalue weighted by Crippen LogP contribution is -2.43. The minimum absolute atomic E-state index is 0.710. The zero-order chi connectivity index (χ0) is 20.4. The summed E-state index contributed by atoms with van der Waals surface area (Å²) in [6, 6.07) is 6.05. The summed E-state index contributed by atoms with van der Waals surface area (Å²) in [6.45, 7) is 4.78. The van der Waals surface area contributed by atoms with Crippen molar-refractivity contribution < 1.29 is 14.6 Å². The number of rotatable bonds is 5. The van der Waals surface area contributed by atoms with Crippen LogP contribution in [-0.2, 0) is 6.54 Å². The van der Waals surface area contributed by atoms with Crippen molar-refractivity contribution in [1.82, 2.24) is 20.1 Å². The number of aliphatic hydroxyl groups is 1. The number of hydrogen-bond donors (Lipinski definition) is 2. The van der Waals surface area contributed by atoms with Gasteiger partial charge in [-0.15, -0.1) is 0 Å². The summed E-state index contributed by atoms with van der Waals surface area (Å²) in [5, 5.41) is 13.9. The molecule has 0 spiro atoms. The van der Waals surface area contributed by atoms with Crippen LogP contribution in [0.15, 0.2) is 36.8 Å². The molecule has 1 unspecified atom stereocenters. The molecule has 1 atom stereocenters. The van der Waals surface area contributed by atoms with Crippen molar-refractivity contribution in [3.63, 3.8) is 0 Å². The van der Waals surface area contributed by atoms with Crippen molar-refractivity contribution >= 4 is 5.57 Å². The first-order chi connectivity index (χ1) is 14.1. The van der Waals surface area contributed by atoms with Gasteiger partial charge in [-0.25, -0.2) is 0 Å². The van der Waals surface area contributed by atoms with Gasteiger partial charge in [-0.1, -0.05) is 0 Å². The van der Waals surface area contributed by atoms with Gasteiger partial charge in [-0.3, -0.25) is 9.88 Å². The molecule has 2 aliphatic heterocycles. The lowest BCUT2D eigenvalue weighted by Gasteiger charge is -2.31. The van der Waals surface area contributed by atoms with Crippen LogP contribution in [0.5, 0.6) is 11.5 Å². The highest BCUT2D eigenvalue weighted by Crippen LogP contribution is 2.40. The SMILES string of the molecule is COc1cc(C2=CN(C)C(O)c3cnccc32)cc(OC)c1CN1CCNCC1. The van der Waals surface area contributed by atoms with Gasteiger partial charge in [0.05, 0.1) is 19.8 Å². The van der Waals surface area contributed by atoms with E-state index in [4.69, 9.17) is 9.47 Å². The predicted molar refractivity (Wildman–Crippen MR) is 112 cm³/mol. The second-order valence-corrected chi connectivity index (χ2v) is 7.43. The van der Waals surface area contributed by atoms with Crippen LogP contribution in [0.25, 0.3) is 5.57 Å². The summed E-state index contributed by atoms with van der Waals surface area (Å²) in [5.41, 5.74) is 4.79. The highest BCUT2D eigenvalue weighted by atomic mass is 16.5. The van der Waals surface area contributed by atoms with E-state index in [1.807, 2.05) is 19.3 Å². The van der Waals surface area contributed by atoms with Crippen LogP contribution in [0.2, 0.25) is 0 Å². The molecule has 2 aromatic rings.